The van der Waals surface area contributed by atoms with Crippen LogP contribution in [0.3, 0.4) is 0 Å². The summed E-state index contributed by atoms with van der Waals surface area (Å²) in [5.74, 6) is 0. The van der Waals surface area contributed by atoms with Crippen LogP contribution < -0.4 is 5.32 Å². The molecule has 0 rings (SSSR count). The van der Waals surface area contributed by atoms with Crippen molar-refractivity contribution in [1.82, 2.24) is 5.32 Å². The first-order valence-corrected chi connectivity index (χ1v) is 11.6. The first kappa shape index (κ1) is 25.9. The Labute approximate surface area is 165 Å². The van der Waals surface area contributed by atoms with E-state index in [1.807, 2.05) is 0 Å². The predicted molar refractivity (Wildman–Crippen MR) is 115 cm³/mol. The van der Waals surface area contributed by atoms with Gasteiger partial charge in [0.2, 0.25) is 0 Å². The fourth-order valence-corrected chi connectivity index (χ4v) is 3.47. The highest BCUT2D eigenvalue weighted by atomic mass is 16.7. The zero-order valence-electron chi connectivity index (χ0n) is 18.3. The first-order valence-electron chi connectivity index (χ1n) is 11.6. The summed E-state index contributed by atoms with van der Waals surface area (Å²) in [6.07, 6.45) is 23.7. The zero-order chi connectivity index (χ0) is 19.1. The van der Waals surface area contributed by atoms with E-state index in [9.17, 15) is 0 Å². The normalized spacial score (nSPS) is 11.5. The lowest BCUT2D eigenvalue weighted by Crippen LogP contribution is -2.23. The number of nitrogens with one attached hydrogen (secondary N) is 1. The molecule has 0 fully saturated rings. The first-order chi connectivity index (χ1) is 12.8. The molecule has 0 atom stereocenters. The van der Waals surface area contributed by atoms with Crippen LogP contribution >= 0.6 is 0 Å². The smallest absolute Gasteiger partial charge is 0.158 e. The molecule has 0 heterocycles. The Morgan fingerprint density at radius 2 is 0.923 bits per heavy atom. The molecule has 0 aromatic heterocycles. The lowest BCUT2D eigenvalue weighted by Gasteiger charge is -2.13. The Bertz CT molecular complexity index is 244. The van der Waals surface area contributed by atoms with Crippen LogP contribution in [0.2, 0.25) is 0 Å². The van der Waals surface area contributed by atoms with Gasteiger partial charge in [0.15, 0.2) is 6.29 Å². The molecule has 0 amide bonds. The SMILES string of the molecule is CCCCCCCCCCCCCCCCCCNCCC(OC)OC. The summed E-state index contributed by atoms with van der Waals surface area (Å²) >= 11 is 0. The van der Waals surface area contributed by atoms with Crippen LogP contribution in [0.15, 0.2) is 0 Å². The average molecular weight is 372 g/mol. The van der Waals surface area contributed by atoms with E-state index < -0.39 is 0 Å². The Kier molecular flexibility index (Phi) is 22.8. The van der Waals surface area contributed by atoms with Crippen molar-refractivity contribution in [1.29, 1.82) is 0 Å². The van der Waals surface area contributed by atoms with E-state index in [4.69, 9.17) is 9.47 Å². The largest absolute Gasteiger partial charge is 0.356 e. The molecule has 0 radical (unpaired) electrons. The number of methoxy groups -OCH3 is 2. The van der Waals surface area contributed by atoms with Crippen LogP contribution in [0.5, 0.6) is 0 Å². The molecule has 3 heteroatoms. The van der Waals surface area contributed by atoms with Gasteiger partial charge in [0.25, 0.3) is 0 Å². The quantitative estimate of drug-likeness (QED) is 0.167. The lowest BCUT2D eigenvalue weighted by atomic mass is 10.0. The van der Waals surface area contributed by atoms with E-state index in [2.05, 4.69) is 12.2 Å². The minimum Gasteiger partial charge on any atom is -0.356 e. The minimum absolute atomic E-state index is 0.0618. The summed E-state index contributed by atoms with van der Waals surface area (Å²) < 4.78 is 10.3. The zero-order valence-corrected chi connectivity index (χ0v) is 18.3. The van der Waals surface area contributed by atoms with Gasteiger partial charge >= 0.3 is 0 Å². The summed E-state index contributed by atoms with van der Waals surface area (Å²) in [5, 5.41) is 3.47. The van der Waals surface area contributed by atoms with Gasteiger partial charge in [-0.05, 0) is 19.5 Å². The molecule has 0 spiro atoms. The van der Waals surface area contributed by atoms with Crippen LogP contribution in [0.4, 0.5) is 0 Å². The molecule has 0 unspecified atom stereocenters. The maximum absolute atomic E-state index is 5.17. The Morgan fingerprint density at radius 1 is 0.538 bits per heavy atom. The Morgan fingerprint density at radius 3 is 1.31 bits per heavy atom. The molecule has 0 aromatic rings. The number of ether oxygens (including phenoxy) is 2. The van der Waals surface area contributed by atoms with Crippen molar-refractivity contribution < 1.29 is 9.47 Å². The average Bonchev–Trinajstić information content (AvgIpc) is 2.66. The molecule has 0 aliphatic heterocycles. The standard InChI is InChI=1S/C23H49NO2/c1-4-5-6-7-8-9-10-11-12-13-14-15-16-17-18-19-21-24-22-20-23(25-2)26-3/h23-24H,4-22H2,1-3H3. The van der Waals surface area contributed by atoms with Crippen molar-refractivity contribution in [3.05, 3.63) is 0 Å². The van der Waals surface area contributed by atoms with Gasteiger partial charge < -0.3 is 14.8 Å². The van der Waals surface area contributed by atoms with E-state index in [0.717, 1.165) is 19.5 Å². The van der Waals surface area contributed by atoms with E-state index in [-0.39, 0.29) is 6.29 Å². The third kappa shape index (κ3) is 20.2. The van der Waals surface area contributed by atoms with Gasteiger partial charge in [-0.25, -0.2) is 0 Å². The van der Waals surface area contributed by atoms with Crippen LogP contribution in [-0.2, 0) is 9.47 Å². The summed E-state index contributed by atoms with van der Waals surface area (Å²) in [6.45, 7) is 4.39. The third-order valence-corrected chi connectivity index (χ3v) is 5.29. The van der Waals surface area contributed by atoms with E-state index in [1.54, 1.807) is 14.2 Å². The Hall–Kier alpha value is -0.120. The van der Waals surface area contributed by atoms with Crippen molar-refractivity contribution in [3.63, 3.8) is 0 Å². The van der Waals surface area contributed by atoms with Gasteiger partial charge in [-0.1, -0.05) is 103 Å². The fraction of sp³-hybridized carbons (Fsp3) is 1.00. The van der Waals surface area contributed by atoms with E-state index in [0.29, 0.717) is 0 Å². The maximum atomic E-state index is 5.17. The highest BCUT2D eigenvalue weighted by Gasteiger charge is 2.03. The van der Waals surface area contributed by atoms with Crippen LogP contribution in [-0.4, -0.2) is 33.6 Å². The van der Waals surface area contributed by atoms with Gasteiger partial charge in [-0.15, -0.1) is 0 Å². The van der Waals surface area contributed by atoms with Crippen molar-refractivity contribution >= 4 is 0 Å². The summed E-state index contributed by atoms with van der Waals surface area (Å²) in [7, 11) is 3.40. The van der Waals surface area contributed by atoms with E-state index in [1.165, 1.54) is 103 Å². The van der Waals surface area contributed by atoms with Crippen LogP contribution in [0.1, 0.15) is 116 Å². The molecule has 26 heavy (non-hydrogen) atoms. The number of hydrogen-bond donors (Lipinski definition) is 1. The molecule has 1 N–H and O–H groups in total. The third-order valence-electron chi connectivity index (χ3n) is 5.29. The molecule has 0 aliphatic carbocycles. The van der Waals surface area contributed by atoms with Crippen LogP contribution in [0, 0.1) is 0 Å². The fourth-order valence-electron chi connectivity index (χ4n) is 3.47. The summed E-state index contributed by atoms with van der Waals surface area (Å²) in [4.78, 5) is 0. The van der Waals surface area contributed by atoms with Crippen molar-refractivity contribution in [2.24, 2.45) is 0 Å². The van der Waals surface area contributed by atoms with Crippen LogP contribution in [0.25, 0.3) is 0 Å². The van der Waals surface area contributed by atoms with Crippen molar-refractivity contribution in [2.45, 2.75) is 122 Å². The highest BCUT2D eigenvalue weighted by molar-refractivity contribution is 4.53. The van der Waals surface area contributed by atoms with Crippen molar-refractivity contribution in [2.75, 3.05) is 27.3 Å². The number of unbranched alkanes of at least 4 members (excludes halogenated alkanes) is 15. The van der Waals surface area contributed by atoms with Crippen molar-refractivity contribution in [3.8, 4) is 0 Å². The molecule has 158 valence electrons. The minimum atomic E-state index is -0.0618. The molecular weight excluding hydrogens is 322 g/mol. The van der Waals surface area contributed by atoms with Gasteiger partial charge in [0, 0.05) is 20.6 Å². The number of rotatable bonds is 22. The second-order valence-corrected chi connectivity index (χ2v) is 7.74. The van der Waals surface area contributed by atoms with Gasteiger partial charge in [-0.3, -0.25) is 0 Å². The number of hydrogen-bond acceptors (Lipinski definition) is 3. The molecule has 0 aliphatic rings. The van der Waals surface area contributed by atoms with Gasteiger partial charge in [-0.2, -0.15) is 0 Å². The maximum Gasteiger partial charge on any atom is 0.158 e. The van der Waals surface area contributed by atoms with Gasteiger partial charge in [0.1, 0.15) is 0 Å². The molecule has 0 saturated carbocycles. The second-order valence-electron chi connectivity index (χ2n) is 7.74. The van der Waals surface area contributed by atoms with Gasteiger partial charge in [0.05, 0.1) is 0 Å². The molecule has 0 saturated heterocycles. The molecule has 3 nitrogen and oxygen atoms in total. The highest BCUT2D eigenvalue weighted by Crippen LogP contribution is 2.13. The Balaban J connectivity index is 3.03. The molecule has 0 aromatic carbocycles. The topological polar surface area (TPSA) is 30.5 Å². The van der Waals surface area contributed by atoms with E-state index >= 15 is 0 Å². The predicted octanol–water partition coefficient (Wildman–Crippen LogP) is 6.85. The monoisotopic (exact) mass is 371 g/mol. The lowest BCUT2D eigenvalue weighted by molar-refractivity contribution is -0.105. The second kappa shape index (κ2) is 22.9. The summed E-state index contributed by atoms with van der Waals surface area (Å²) in [6, 6.07) is 0. The summed E-state index contributed by atoms with van der Waals surface area (Å²) in [5.41, 5.74) is 0. The molecular formula is C23H49NO2. The molecule has 0 bridgehead atoms.